The van der Waals surface area contributed by atoms with Gasteiger partial charge < -0.3 is 20.4 Å². The van der Waals surface area contributed by atoms with E-state index in [2.05, 4.69) is 0 Å². The van der Waals surface area contributed by atoms with E-state index >= 15 is 0 Å². The van der Waals surface area contributed by atoms with E-state index < -0.39 is 37.0 Å². The van der Waals surface area contributed by atoms with Gasteiger partial charge in [0, 0.05) is 5.92 Å². The fourth-order valence-electron chi connectivity index (χ4n) is 1.45. The predicted molar refractivity (Wildman–Crippen MR) is 38.1 cm³/mol. The van der Waals surface area contributed by atoms with Crippen molar-refractivity contribution in [1.29, 1.82) is 0 Å². The van der Waals surface area contributed by atoms with Crippen LogP contribution < -0.4 is 0 Å². The molecule has 12 heavy (non-hydrogen) atoms. The predicted octanol–water partition coefficient (Wildman–Crippen LogP) is -1.58. The number of aliphatic hydroxyl groups excluding tert-OH is 4. The van der Waals surface area contributed by atoms with Gasteiger partial charge in [0.1, 0.15) is 12.2 Å². The van der Waals surface area contributed by atoms with Crippen LogP contribution in [0.4, 0.5) is 4.39 Å². The van der Waals surface area contributed by atoms with Crippen molar-refractivity contribution in [2.75, 3.05) is 6.67 Å². The zero-order valence-corrected chi connectivity index (χ0v) is 6.47. The van der Waals surface area contributed by atoms with Crippen LogP contribution in [0.5, 0.6) is 0 Å². The van der Waals surface area contributed by atoms with Gasteiger partial charge in [-0.15, -0.1) is 0 Å². The fraction of sp³-hybridized carbons (Fsp3) is 1.00. The van der Waals surface area contributed by atoms with Crippen LogP contribution in [0.25, 0.3) is 0 Å². The summed E-state index contributed by atoms with van der Waals surface area (Å²) in [7, 11) is 0. The molecule has 0 saturated heterocycles. The summed E-state index contributed by atoms with van der Waals surface area (Å²) in [6.07, 6.45) is -5.27. The van der Waals surface area contributed by atoms with Gasteiger partial charge >= 0.3 is 0 Å². The van der Waals surface area contributed by atoms with Gasteiger partial charge in [-0.2, -0.15) is 0 Å². The van der Waals surface area contributed by atoms with Crippen molar-refractivity contribution in [1.82, 2.24) is 0 Å². The van der Waals surface area contributed by atoms with Crippen LogP contribution >= 0.6 is 0 Å². The molecule has 5 atom stereocenters. The summed E-state index contributed by atoms with van der Waals surface area (Å²) >= 11 is 0. The topological polar surface area (TPSA) is 80.9 Å². The Morgan fingerprint density at radius 1 is 1.00 bits per heavy atom. The SMILES string of the molecule is O[C@@H]1[C@H](O)[C@H](CF)C[C@H](O)[C@H]1O. The molecule has 1 aliphatic carbocycles. The lowest BCUT2D eigenvalue weighted by Crippen LogP contribution is -2.54. The number of aliphatic hydroxyl groups is 4. The molecule has 0 unspecified atom stereocenters. The second kappa shape index (κ2) is 3.66. The summed E-state index contributed by atoms with van der Waals surface area (Å²) in [6.45, 7) is -0.804. The maximum absolute atomic E-state index is 12.1. The van der Waals surface area contributed by atoms with Crippen molar-refractivity contribution in [2.24, 2.45) is 5.92 Å². The summed E-state index contributed by atoms with van der Waals surface area (Å²) < 4.78 is 12.1. The molecule has 72 valence electrons. The first-order chi connectivity index (χ1) is 5.57. The lowest BCUT2D eigenvalue weighted by Gasteiger charge is -2.36. The van der Waals surface area contributed by atoms with E-state index in [1.807, 2.05) is 0 Å². The van der Waals surface area contributed by atoms with Gasteiger partial charge in [-0.25, -0.2) is 0 Å². The second-order valence-electron chi connectivity index (χ2n) is 3.19. The van der Waals surface area contributed by atoms with Gasteiger partial charge in [0.15, 0.2) is 0 Å². The highest BCUT2D eigenvalue weighted by Crippen LogP contribution is 2.25. The third-order valence-corrected chi connectivity index (χ3v) is 2.32. The Kier molecular flexibility index (Phi) is 3.00. The van der Waals surface area contributed by atoms with Crippen LogP contribution in [0, 0.1) is 5.92 Å². The standard InChI is InChI=1S/C7H13FO4/c8-2-3-1-4(9)6(11)7(12)5(3)10/h3-7,9-12H,1-2H2/t3-,4-,5+,6+,7+/m0/s1. The zero-order valence-electron chi connectivity index (χ0n) is 6.47. The van der Waals surface area contributed by atoms with E-state index in [1.54, 1.807) is 0 Å². The van der Waals surface area contributed by atoms with Gasteiger partial charge in [-0.05, 0) is 6.42 Å². The van der Waals surface area contributed by atoms with Gasteiger partial charge in [0.2, 0.25) is 0 Å². The fourth-order valence-corrected chi connectivity index (χ4v) is 1.45. The summed E-state index contributed by atoms with van der Waals surface area (Å²) in [4.78, 5) is 0. The van der Waals surface area contributed by atoms with E-state index in [9.17, 15) is 4.39 Å². The molecule has 0 aromatic carbocycles. The second-order valence-corrected chi connectivity index (χ2v) is 3.19. The molecular formula is C7H13FO4. The molecule has 0 heterocycles. The van der Waals surface area contributed by atoms with Crippen LogP contribution in [0.2, 0.25) is 0 Å². The monoisotopic (exact) mass is 180 g/mol. The number of halogens is 1. The van der Waals surface area contributed by atoms with E-state index in [1.165, 1.54) is 0 Å². The van der Waals surface area contributed by atoms with Gasteiger partial charge in [-0.3, -0.25) is 4.39 Å². The lowest BCUT2D eigenvalue weighted by molar-refractivity contribution is -0.159. The summed E-state index contributed by atoms with van der Waals surface area (Å²) in [5.74, 6) is -0.779. The highest BCUT2D eigenvalue weighted by molar-refractivity contribution is 4.92. The van der Waals surface area contributed by atoms with Crippen molar-refractivity contribution in [3.8, 4) is 0 Å². The van der Waals surface area contributed by atoms with Crippen molar-refractivity contribution in [3.05, 3.63) is 0 Å². The molecule has 4 N–H and O–H groups in total. The number of rotatable bonds is 1. The molecule has 0 bridgehead atoms. The molecule has 0 radical (unpaired) electrons. The molecular weight excluding hydrogens is 167 g/mol. The molecule has 0 aromatic heterocycles. The van der Waals surface area contributed by atoms with Crippen molar-refractivity contribution in [2.45, 2.75) is 30.8 Å². The third-order valence-electron chi connectivity index (χ3n) is 2.32. The Labute approximate surface area is 69.3 Å². The Hall–Kier alpha value is -0.230. The van der Waals surface area contributed by atoms with Gasteiger partial charge in [-0.1, -0.05) is 0 Å². The molecule has 1 rings (SSSR count). The van der Waals surface area contributed by atoms with Crippen LogP contribution in [0.1, 0.15) is 6.42 Å². The Morgan fingerprint density at radius 2 is 1.58 bits per heavy atom. The van der Waals surface area contributed by atoms with Crippen LogP contribution in [0.15, 0.2) is 0 Å². The highest BCUT2D eigenvalue weighted by Gasteiger charge is 2.41. The first-order valence-corrected chi connectivity index (χ1v) is 3.86. The zero-order chi connectivity index (χ0) is 9.30. The summed E-state index contributed by atoms with van der Waals surface area (Å²) in [5, 5.41) is 36.4. The molecule has 0 spiro atoms. The normalized spacial score (nSPS) is 49.2. The number of alkyl halides is 1. The summed E-state index contributed by atoms with van der Waals surface area (Å²) in [6, 6.07) is 0. The Bertz CT molecular complexity index is 150. The molecule has 1 fully saturated rings. The van der Waals surface area contributed by atoms with Crippen molar-refractivity contribution >= 4 is 0 Å². The average molecular weight is 180 g/mol. The molecule has 1 saturated carbocycles. The van der Waals surface area contributed by atoms with Crippen molar-refractivity contribution in [3.63, 3.8) is 0 Å². The maximum Gasteiger partial charge on any atom is 0.109 e. The quantitative estimate of drug-likeness (QED) is 0.392. The third kappa shape index (κ3) is 1.59. The van der Waals surface area contributed by atoms with E-state index in [0.717, 1.165) is 0 Å². The summed E-state index contributed by atoms with van der Waals surface area (Å²) in [5.41, 5.74) is 0. The van der Waals surface area contributed by atoms with Crippen molar-refractivity contribution < 1.29 is 24.8 Å². The molecule has 1 aliphatic rings. The lowest BCUT2D eigenvalue weighted by atomic mass is 9.81. The number of hydrogen-bond donors (Lipinski definition) is 4. The average Bonchev–Trinajstić information content (AvgIpc) is 2.08. The van der Waals surface area contributed by atoms with Gasteiger partial charge in [0.05, 0.1) is 18.9 Å². The molecule has 0 aromatic rings. The smallest absolute Gasteiger partial charge is 0.109 e. The molecule has 0 amide bonds. The maximum atomic E-state index is 12.1. The minimum atomic E-state index is -1.45. The number of hydrogen-bond acceptors (Lipinski definition) is 4. The first kappa shape index (κ1) is 9.85. The molecule has 0 aliphatic heterocycles. The Balaban J connectivity index is 2.63. The largest absolute Gasteiger partial charge is 0.390 e. The van der Waals surface area contributed by atoms with Gasteiger partial charge in [0.25, 0.3) is 0 Å². The molecule has 4 nitrogen and oxygen atoms in total. The first-order valence-electron chi connectivity index (χ1n) is 3.86. The van der Waals surface area contributed by atoms with Crippen LogP contribution in [-0.4, -0.2) is 51.5 Å². The highest BCUT2D eigenvalue weighted by atomic mass is 19.1. The minimum Gasteiger partial charge on any atom is -0.390 e. The van der Waals surface area contributed by atoms with E-state index in [0.29, 0.717) is 0 Å². The van der Waals surface area contributed by atoms with Crippen LogP contribution in [-0.2, 0) is 0 Å². The van der Waals surface area contributed by atoms with E-state index in [-0.39, 0.29) is 6.42 Å². The van der Waals surface area contributed by atoms with Crippen LogP contribution in [0.3, 0.4) is 0 Å². The van der Waals surface area contributed by atoms with E-state index in [4.69, 9.17) is 20.4 Å². The Morgan fingerprint density at radius 3 is 2.08 bits per heavy atom. The molecule has 5 heteroatoms. The minimum absolute atomic E-state index is 0.0180.